The summed E-state index contributed by atoms with van der Waals surface area (Å²) in [6.45, 7) is 3.10. The van der Waals surface area contributed by atoms with Crippen LogP contribution < -0.4 is 10.2 Å². The van der Waals surface area contributed by atoms with Gasteiger partial charge in [0.1, 0.15) is 6.07 Å². The number of rotatable bonds is 6. The summed E-state index contributed by atoms with van der Waals surface area (Å²) in [5.41, 5.74) is 2.26. The number of carbonyl (C=O) groups excluding carboxylic acids is 1. The van der Waals surface area contributed by atoms with Crippen molar-refractivity contribution in [3.8, 4) is 6.07 Å². The summed E-state index contributed by atoms with van der Waals surface area (Å²) in [6.07, 6.45) is 0.377. The Morgan fingerprint density at radius 1 is 1.14 bits per heavy atom. The second-order valence-electron chi connectivity index (χ2n) is 4.81. The van der Waals surface area contributed by atoms with Crippen molar-refractivity contribution in [1.29, 1.82) is 5.26 Å². The molecule has 0 saturated carbocycles. The van der Waals surface area contributed by atoms with Crippen LogP contribution in [-0.4, -0.2) is 19.0 Å². The maximum Gasteiger partial charge on any atom is 0.228 e. The van der Waals surface area contributed by atoms with Crippen LogP contribution in [-0.2, 0) is 4.79 Å². The Hall–Kier alpha value is -2.80. The van der Waals surface area contributed by atoms with Gasteiger partial charge < -0.3 is 10.2 Å². The summed E-state index contributed by atoms with van der Waals surface area (Å²) >= 11 is 0. The maximum atomic E-state index is 12.3. The minimum absolute atomic E-state index is 0.0654. The SMILES string of the molecule is CCN(C(=O)CCNc1ccccc1C#N)c1ccccc1. The molecule has 2 aromatic rings. The van der Waals surface area contributed by atoms with Gasteiger partial charge in [-0.25, -0.2) is 0 Å². The first kappa shape index (κ1) is 15.6. The van der Waals surface area contributed by atoms with Gasteiger partial charge in [0.25, 0.3) is 0 Å². The highest BCUT2D eigenvalue weighted by Crippen LogP contribution is 2.15. The average Bonchev–Trinajstić information content (AvgIpc) is 2.57. The Morgan fingerprint density at radius 3 is 2.50 bits per heavy atom. The largest absolute Gasteiger partial charge is 0.383 e. The second-order valence-corrected chi connectivity index (χ2v) is 4.81. The van der Waals surface area contributed by atoms with Crippen LogP contribution in [0.1, 0.15) is 18.9 Å². The highest BCUT2D eigenvalue weighted by molar-refractivity contribution is 5.93. The fourth-order valence-electron chi connectivity index (χ4n) is 2.28. The predicted molar refractivity (Wildman–Crippen MR) is 88.7 cm³/mol. The zero-order valence-corrected chi connectivity index (χ0v) is 12.6. The van der Waals surface area contributed by atoms with Crippen LogP contribution in [0, 0.1) is 11.3 Å². The summed E-state index contributed by atoms with van der Waals surface area (Å²) in [6, 6.07) is 19.1. The molecule has 2 aromatic carbocycles. The van der Waals surface area contributed by atoms with E-state index in [-0.39, 0.29) is 5.91 Å². The van der Waals surface area contributed by atoms with E-state index in [1.54, 1.807) is 11.0 Å². The molecule has 0 saturated heterocycles. The summed E-state index contributed by atoms with van der Waals surface area (Å²) in [5, 5.41) is 12.2. The number of anilines is 2. The van der Waals surface area contributed by atoms with Gasteiger partial charge in [0.15, 0.2) is 0 Å². The van der Waals surface area contributed by atoms with Gasteiger partial charge in [-0.15, -0.1) is 0 Å². The van der Waals surface area contributed by atoms with Crippen LogP contribution in [0.4, 0.5) is 11.4 Å². The van der Waals surface area contributed by atoms with Gasteiger partial charge in [-0.3, -0.25) is 4.79 Å². The van der Waals surface area contributed by atoms with Gasteiger partial charge in [-0.1, -0.05) is 30.3 Å². The third-order valence-corrected chi connectivity index (χ3v) is 3.39. The molecule has 22 heavy (non-hydrogen) atoms. The number of nitriles is 1. The molecule has 1 amide bonds. The lowest BCUT2D eigenvalue weighted by atomic mass is 10.2. The first-order valence-corrected chi connectivity index (χ1v) is 7.34. The highest BCUT2D eigenvalue weighted by Gasteiger charge is 2.13. The topological polar surface area (TPSA) is 56.1 Å². The zero-order valence-electron chi connectivity index (χ0n) is 12.6. The van der Waals surface area contributed by atoms with Crippen LogP contribution in [0.2, 0.25) is 0 Å². The fraction of sp³-hybridized carbons (Fsp3) is 0.222. The van der Waals surface area contributed by atoms with Crippen LogP contribution in [0.5, 0.6) is 0 Å². The van der Waals surface area contributed by atoms with Crippen LogP contribution in [0.15, 0.2) is 54.6 Å². The lowest BCUT2D eigenvalue weighted by Gasteiger charge is -2.21. The van der Waals surface area contributed by atoms with E-state index in [9.17, 15) is 4.79 Å². The fourth-order valence-corrected chi connectivity index (χ4v) is 2.28. The van der Waals surface area contributed by atoms with Gasteiger partial charge >= 0.3 is 0 Å². The molecule has 0 aromatic heterocycles. The number of benzene rings is 2. The Labute approximate surface area is 131 Å². The Balaban J connectivity index is 1.94. The lowest BCUT2D eigenvalue weighted by molar-refractivity contribution is -0.118. The van der Waals surface area contributed by atoms with E-state index in [0.717, 1.165) is 11.4 Å². The summed E-state index contributed by atoms with van der Waals surface area (Å²) in [4.78, 5) is 14.1. The third kappa shape index (κ3) is 3.86. The van der Waals surface area contributed by atoms with Crippen molar-refractivity contribution in [3.63, 3.8) is 0 Å². The number of hydrogen-bond donors (Lipinski definition) is 1. The van der Waals surface area contributed by atoms with E-state index in [4.69, 9.17) is 5.26 Å². The van der Waals surface area contributed by atoms with E-state index in [1.165, 1.54) is 0 Å². The molecule has 0 aliphatic heterocycles. The molecule has 0 heterocycles. The molecule has 0 fully saturated rings. The highest BCUT2D eigenvalue weighted by atomic mass is 16.2. The number of hydrogen-bond acceptors (Lipinski definition) is 3. The molecular weight excluding hydrogens is 274 g/mol. The van der Waals surface area contributed by atoms with Crippen molar-refractivity contribution in [2.45, 2.75) is 13.3 Å². The normalized spacial score (nSPS) is 9.82. The first-order valence-electron chi connectivity index (χ1n) is 7.34. The number of amides is 1. The van der Waals surface area contributed by atoms with Crippen molar-refractivity contribution in [2.24, 2.45) is 0 Å². The first-order chi connectivity index (χ1) is 10.8. The molecule has 112 valence electrons. The molecule has 2 rings (SSSR count). The molecular formula is C18H19N3O. The molecule has 4 nitrogen and oxygen atoms in total. The van der Waals surface area contributed by atoms with Crippen molar-refractivity contribution in [2.75, 3.05) is 23.3 Å². The molecule has 0 spiro atoms. The minimum atomic E-state index is 0.0654. The van der Waals surface area contributed by atoms with Gasteiger partial charge in [-0.2, -0.15) is 5.26 Å². The quantitative estimate of drug-likeness (QED) is 0.888. The molecule has 0 aliphatic carbocycles. The Bertz CT molecular complexity index is 662. The number of nitrogens with one attached hydrogen (secondary N) is 1. The molecule has 0 unspecified atom stereocenters. The smallest absolute Gasteiger partial charge is 0.228 e. The van der Waals surface area contributed by atoms with E-state index in [0.29, 0.717) is 25.1 Å². The molecule has 0 atom stereocenters. The standard InChI is InChI=1S/C18H19N3O/c1-2-21(16-9-4-3-5-10-16)18(22)12-13-20-17-11-7-6-8-15(17)14-19/h3-11,20H,2,12-13H2,1H3. The van der Waals surface area contributed by atoms with Gasteiger partial charge in [0.05, 0.1) is 11.3 Å². The molecule has 0 bridgehead atoms. The third-order valence-electron chi connectivity index (χ3n) is 3.39. The van der Waals surface area contributed by atoms with E-state index < -0.39 is 0 Å². The Kier molecular flexibility index (Phi) is 5.56. The second kappa shape index (κ2) is 7.84. The van der Waals surface area contributed by atoms with Crippen molar-refractivity contribution >= 4 is 17.3 Å². The average molecular weight is 293 g/mol. The maximum absolute atomic E-state index is 12.3. The van der Waals surface area contributed by atoms with E-state index in [2.05, 4.69) is 11.4 Å². The minimum Gasteiger partial charge on any atom is -0.383 e. The molecule has 1 N–H and O–H groups in total. The monoisotopic (exact) mass is 293 g/mol. The number of carbonyl (C=O) groups is 1. The number of para-hydroxylation sites is 2. The van der Waals surface area contributed by atoms with Gasteiger partial charge in [0, 0.05) is 25.2 Å². The predicted octanol–water partition coefficient (Wildman–Crippen LogP) is 3.41. The van der Waals surface area contributed by atoms with Crippen LogP contribution in [0.3, 0.4) is 0 Å². The van der Waals surface area contributed by atoms with E-state index >= 15 is 0 Å². The van der Waals surface area contributed by atoms with Gasteiger partial charge in [0.2, 0.25) is 5.91 Å². The summed E-state index contributed by atoms with van der Waals surface area (Å²) < 4.78 is 0. The van der Waals surface area contributed by atoms with Crippen molar-refractivity contribution in [3.05, 3.63) is 60.2 Å². The van der Waals surface area contributed by atoms with Crippen LogP contribution in [0.25, 0.3) is 0 Å². The van der Waals surface area contributed by atoms with E-state index in [1.807, 2.05) is 55.5 Å². The van der Waals surface area contributed by atoms with Crippen LogP contribution >= 0.6 is 0 Å². The molecule has 4 heteroatoms. The summed E-state index contributed by atoms with van der Waals surface area (Å²) in [5.74, 6) is 0.0654. The van der Waals surface area contributed by atoms with Crippen molar-refractivity contribution < 1.29 is 4.79 Å². The molecule has 0 aliphatic rings. The molecule has 0 radical (unpaired) electrons. The Morgan fingerprint density at radius 2 is 1.82 bits per heavy atom. The lowest BCUT2D eigenvalue weighted by Crippen LogP contribution is -2.31. The number of nitrogens with zero attached hydrogens (tertiary/aromatic N) is 2. The summed E-state index contributed by atoms with van der Waals surface area (Å²) in [7, 11) is 0. The van der Waals surface area contributed by atoms with Gasteiger partial charge in [-0.05, 0) is 31.2 Å². The van der Waals surface area contributed by atoms with Crippen molar-refractivity contribution in [1.82, 2.24) is 0 Å². The zero-order chi connectivity index (χ0) is 15.8.